The van der Waals surface area contributed by atoms with Crippen LogP contribution in [0.5, 0.6) is 0 Å². The van der Waals surface area contributed by atoms with Crippen molar-refractivity contribution in [3.05, 3.63) is 35.9 Å². The molecule has 2 heteroatoms. The zero-order valence-corrected chi connectivity index (χ0v) is 14.6. The van der Waals surface area contributed by atoms with E-state index in [1.807, 2.05) is 0 Å². The van der Waals surface area contributed by atoms with Gasteiger partial charge in [0.25, 0.3) is 0 Å². The smallest absolute Gasteiger partial charge is 0.0905 e. The molecule has 0 unspecified atom stereocenters. The number of benzene rings is 1. The topological polar surface area (TPSA) is 12.5 Å². The van der Waals surface area contributed by atoms with E-state index in [2.05, 4.69) is 76.8 Å². The highest BCUT2D eigenvalue weighted by molar-refractivity contribution is 5.15. The van der Waals surface area contributed by atoms with E-state index in [-0.39, 0.29) is 16.4 Å². The molecule has 2 nitrogen and oxygen atoms in total. The lowest BCUT2D eigenvalue weighted by Gasteiger charge is -2.57. The summed E-state index contributed by atoms with van der Waals surface area (Å²) in [6.45, 7) is 17.7. The third-order valence-electron chi connectivity index (χ3n) is 4.87. The van der Waals surface area contributed by atoms with Gasteiger partial charge in [0.05, 0.1) is 12.2 Å². The summed E-state index contributed by atoms with van der Waals surface area (Å²) in [5, 5.41) is 0. The molecule has 2 rings (SSSR count). The van der Waals surface area contributed by atoms with Crippen LogP contribution in [0.4, 0.5) is 0 Å². The Morgan fingerprint density at radius 2 is 1.57 bits per heavy atom. The van der Waals surface area contributed by atoms with Crippen molar-refractivity contribution in [2.24, 2.45) is 10.8 Å². The second kappa shape index (κ2) is 5.73. The van der Waals surface area contributed by atoms with Crippen molar-refractivity contribution in [1.29, 1.82) is 0 Å². The van der Waals surface area contributed by atoms with E-state index >= 15 is 0 Å². The van der Waals surface area contributed by atoms with Gasteiger partial charge in [-0.05, 0) is 16.4 Å². The van der Waals surface area contributed by atoms with Gasteiger partial charge < -0.3 is 4.74 Å². The highest BCUT2D eigenvalue weighted by Gasteiger charge is 2.53. The van der Waals surface area contributed by atoms with Crippen LogP contribution in [-0.4, -0.2) is 30.2 Å². The molecule has 0 saturated carbocycles. The van der Waals surface area contributed by atoms with Crippen LogP contribution >= 0.6 is 0 Å². The normalized spacial score (nSPS) is 20.5. The molecular weight excluding hydrogens is 258 g/mol. The van der Waals surface area contributed by atoms with Gasteiger partial charge in [-0.2, -0.15) is 0 Å². The maximum Gasteiger partial charge on any atom is 0.0905 e. The minimum atomic E-state index is -0.118. The first kappa shape index (κ1) is 16.5. The predicted octanol–water partition coefficient (Wildman–Crippen LogP) is 4.35. The summed E-state index contributed by atoms with van der Waals surface area (Å²) in [5.41, 5.74) is 1.49. The lowest BCUT2D eigenvalue weighted by atomic mass is 9.61. The van der Waals surface area contributed by atoms with E-state index in [0.29, 0.717) is 0 Å². The molecule has 0 bridgehead atoms. The summed E-state index contributed by atoms with van der Waals surface area (Å²) in [5.74, 6) is 0. The Balaban J connectivity index is 2.22. The fourth-order valence-corrected chi connectivity index (χ4v) is 3.80. The molecule has 1 aromatic rings. The SMILES string of the molecule is CC(C)(C)C1(C(C)(C)C)CN(Cc2ccccc2)CCO1. The quantitative estimate of drug-likeness (QED) is 0.802. The molecule has 0 amide bonds. The predicted molar refractivity (Wildman–Crippen MR) is 89.3 cm³/mol. The Hall–Kier alpha value is -0.860. The van der Waals surface area contributed by atoms with Crippen molar-refractivity contribution in [3.8, 4) is 0 Å². The summed E-state index contributed by atoms with van der Waals surface area (Å²) in [6, 6.07) is 10.8. The third-order valence-corrected chi connectivity index (χ3v) is 4.87. The maximum absolute atomic E-state index is 6.42. The molecule has 0 aliphatic carbocycles. The zero-order valence-electron chi connectivity index (χ0n) is 14.6. The summed E-state index contributed by atoms with van der Waals surface area (Å²) < 4.78 is 6.42. The molecule has 1 saturated heterocycles. The van der Waals surface area contributed by atoms with Gasteiger partial charge in [0.15, 0.2) is 0 Å². The van der Waals surface area contributed by atoms with E-state index in [0.717, 1.165) is 26.2 Å². The Kier molecular flexibility index (Phi) is 4.51. The van der Waals surface area contributed by atoms with Crippen molar-refractivity contribution >= 4 is 0 Å². The average Bonchev–Trinajstić information content (AvgIpc) is 2.37. The van der Waals surface area contributed by atoms with Crippen LogP contribution in [-0.2, 0) is 11.3 Å². The summed E-state index contributed by atoms with van der Waals surface area (Å²) >= 11 is 0. The molecule has 0 N–H and O–H groups in total. The van der Waals surface area contributed by atoms with Crippen molar-refractivity contribution < 1.29 is 4.74 Å². The van der Waals surface area contributed by atoms with E-state index in [9.17, 15) is 0 Å². The van der Waals surface area contributed by atoms with Crippen molar-refractivity contribution in [3.63, 3.8) is 0 Å². The summed E-state index contributed by atoms with van der Waals surface area (Å²) in [4.78, 5) is 2.55. The molecule has 0 radical (unpaired) electrons. The van der Waals surface area contributed by atoms with Crippen LogP contribution in [0.1, 0.15) is 47.1 Å². The monoisotopic (exact) mass is 289 g/mol. The fraction of sp³-hybridized carbons (Fsp3) is 0.684. The van der Waals surface area contributed by atoms with E-state index in [4.69, 9.17) is 4.74 Å². The van der Waals surface area contributed by atoms with Crippen LogP contribution in [0.15, 0.2) is 30.3 Å². The molecule has 21 heavy (non-hydrogen) atoms. The van der Waals surface area contributed by atoms with Gasteiger partial charge in [-0.3, -0.25) is 4.90 Å². The van der Waals surface area contributed by atoms with Gasteiger partial charge in [-0.15, -0.1) is 0 Å². The van der Waals surface area contributed by atoms with Gasteiger partial charge in [0.1, 0.15) is 0 Å². The highest BCUT2D eigenvalue weighted by atomic mass is 16.5. The molecule has 1 aliphatic heterocycles. The van der Waals surface area contributed by atoms with Crippen molar-refractivity contribution in [2.75, 3.05) is 19.7 Å². The number of nitrogens with zero attached hydrogens (tertiary/aromatic N) is 1. The zero-order chi connectivity index (χ0) is 15.7. The summed E-state index contributed by atoms with van der Waals surface area (Å²) in [7, 11) is 0. The molecule has 0 aromatic heterocycles. The molecule has 1 heterocycles. The largest absolute Gasteiger partial charge is 0.371 e. The van der Waals surface area contributed by atoms with Crippen LogP contribution in [0.2, 0.25) is 0 Å². The first-order valence-electron chi connectivity index (χ1n) is 8.06. The van der Waals surface area contributed by atoms with Crippen molar-refractivity contribution in [2.45, 2.75) is 53.7 Å². The van der Waals surface area contributed by atoms with Gasteiger partial charge >= 0.3 is 0 Å². The molecule has 118 valence electrons. The Bertz CT molecular complexity index is 439. The molecular formula is C19H31NO. The van der Waals surface area contributed by atoms with Gasteiger partial charge in [-0.25, -0.2) is 0 Å². The number of morpholine rings is 1. The number of hydrogen-bond donors (Lipinski definition) is 0. The maximum atomic E-state index is 6.42. The minimum absolute atomic E-state index is 0.112. The molecule has 0 atom stereocenters. The number of hydrogen-bond acceptors (Lipinski definition) is 2. The number of ether oxygens (including phenoxy) is 1. The first-order valence-corrected chi connectivity index (χ1v) is 8.06. The Labute approximate surface area is 130 Å². The molecule has 0 spiro atoms. The third kappa shape index (κ3) is 3.32. The van der Waals surface area contributed by atoms with E-state index in [1.165, 1.54) is 5.56 Å². The molecule has 1 aliphatic rings. The van der Waals surface area contributed by atoms with Gasteiger partial charge in [0, 0.05) is 19.6 Å². The minimum Gasteiger partial charge on any atom is -0.371 e. The lowest BCUT2D eigenvalue weighted by molar-refractivity contribution is -0.219. The fourth-order valence-electron chi connectivity index (χ4n) is 3.80. The van der Waals surface area contributed by atoms with Gasteiger partial charge in [-0.1, -0.05) is 71.9 Å². The van der Waals surface area contributed by atoms with E-state index in [1.54, 1.807) is 0 Å². The summed E-state index contributed by atoms with van der Waals surface area (Å²) in [6.07, 6.45) is 0. The first-order chi connectivity index (χ1) is 9.66. The molecule has 1 fully saturated rings. The van der Waals surface area contributed by atoms with Crippen LogP contribution < -0.4 is 0 Å². The van der Waals surface area contributed by atoms with Crippen LogP contribution in [0.25, 0.3) is 0 Å². The Morgan fingerprint density at radius 3 is 2.10 bits per heavy atom. The molecule has 1 aromatic carbocycles. The van der Waals surface area contributed by atoms with E-state index < -0.39 is 0 Å². The average molecular weight is 289 g/mol. The van der Waals surface area contributed by atoms with Crippen LogP contribution in [0, 0.1) is 10.8 Å². The second-order valence-electron chi connectivity index (χ2n) is 8.37. The highest BCUT2D eigenvalue weighted by Crippen LogP contribution is 2.48. The van der Waals surface area contributed by atoms with Crippen molar-refractivity contribution in [1.82, 2.24) is 4.90 Å². The second-order valence-corrected chi connectivity index (χ2v) is 8.37. The lowest BCUT2D eigenvalue weighted by Crippen LogP contribution is -2.64. The Morgan fingerprint density at radius 1 is 1.00 bits per heavy atom. The number of rotatable bonds is 2. The van der Waals surface area contributed by atoms with Crippen LogP contribution in [0.3, 0.4) is 0 Å². The van der Waals surface area contributed by atoms with Gasteiger partial charge in [0.2, 0.25) is 0 Å². The standard InChI is InChI=1S/C19H31NO/c1-17(2,3)19(18(4,5)6)15-20(12-13-21-19)14-16-10-8-7-9-11-16/h7-11H,12-15H2,1-6H3.